The highest BCUT2D eigenvalue weighted by Crippen LogP contribution is 2.22. The number of hydrogen-bond acceptors (Lipinski definition) is 4. The van der Waals surface area contributed by atoms with Gasteiger partial charge in [-0.3, -0.25) is 14.3 Å². The molecule has 2 aromatic rings. The van der Waals surface area contributed by atoms with E-state index >= 15 is 0 Å². The Hall–Kier alpha value is -2.81. The average molecular weight is 405 g/mol. The molecule has 0 bridgehead atoms. The zero-order valence-corrected chi connectivity index (χ0v) is 16.6. The molecule has 29 heavy (non-hydrogen) atoms. The minimum Gasteiger partial charge on any atom is -0.339 e. The third kappa shape index (κ3) is 5.38. The van der Waals surface area contributed by atoms with Gasteiger partial charge in [-0.25, -0.2) is 8.78 Å². The van der Waals surface area contributed by atoms with Crippen molar-refractivity contribution in [1.82, 2.24) is 19.6 Å². The van der Waals surface area contributed by atoms with Gasteiger partial charge in [0.05, 0.1) is 24.0 Å². The van der Waals surface area contributed by atoms with E-state index in [1.54, 1.807) is 17.1 Å². The monoisotopic (exact) mass is 405 g/mol. The number of halogens is 2. The van der Waals surface area contributed by atoms with Crippen LogP contribution in [-0.2, 0) is 11.3 Å². The summed E-state index contributed by atoms with van der Waals surface area (Å²) in [5.74, 6) is -2.43. The molecule has 1 N–H and O–H groups in total. The lowest BCUT2D eigenvalue weighted by Crippen LogP contribution is -2.41. The van der Waals surface area contributed by atoms with E-state index in [9.17, 15) is 18.4 Å². The van der Waals surface area contributed by atoms with Crippen LogP contribution in [0.25, 0.3) is 0 Å². The Kier molecular flexibility index (Phi) is 6.58. The largest absolute Gasteiger partial charge is 0.339 e. The van der Waals surface area contributed by atoms with Gasteiger partial charge in [0.1, 0.15) is 11.6 Å². The number of hydrogen-bond donors (Lipinski definition) is 1. The van der Waals surface area contributed by atoms with E-state index in [2.05, 4.69) is 10.4 Å². The molecular weight excluding hydrogens is 380 g/mol. The molecule has 0 spiro atoms. The summed E-state index contributed by atoms with van der Waals surface area (Å²) in [6.07, 6.45) is 4.37. The van der Waals surface area contributed by atoms with Crippen LogP contribution in [0, 0.1) is 17.6 Å². The predicted molar refractivity (Wildman–Crippen MR) is 104 cm³/mol. The molecule has 0 radical (unpaired) electrons. The zero-order chi connectivity index (χ0) is 21.0. The van der Waals surface area contributed by atoms with Crippen molar-refractivity contribution in [1.29, 1.82) is 0 Å². The molecule has 7 nitrogen and oxygen atoms in total. The highest BCUT2D eigenvalue weighted by Gasteiger charge is 2.29. The summed E-state index contributed by atoms with van der Waals surface area (Å²) in [6, 6.07) is 2.92. The molecule has 0 atom stereocenters. The molecule has 1 fully saturated rings. The summed E-state index contributed by atoms with van der Waals surface area (Å²) in [5.41, 5.74) is 0.486. The van der Waals surface area contributed by atoms with Gasteiger partial charge < -0.3 is 15.1 Å². The Bertz CT molecular complexity index is 876. The molecule has 156 valence electrons. The highest BCUT2D eigenvalue weighted by atomic mass is 19.1. The van der Waals surface area contributed by atoms with Crippen molar-refractivity contribution in [3.63, 3.8) is 0 Å². The molecule has 2 amide bonds. The summed E-state index contributed by atoms with van der Waals surface area (Å²) in [6.45, 7) is 2.26. The standard InChI is InChI=1S/C20H25F2N5O2/c1-25(2)9-10-27-13-16(12-23-27)24-19(28)14-5-7-26(8-6-14)20(29)17-4-3-15(21)11-18(17)22/h3-4,11-14H,5-10H2,1-2H3,(H,24,28). The number of carbonyl (C=O) groups is 2. The molecule has 3 rings (SSSR count). The number of anilines is 1. The maximum Gasteiger partial charge on any atom is 0.256 e. The lowest BCUT2D eigenvalue weighted by molar-refractivity contribution is -0.121. The maximum absolute atomic E-state index is 13.8. The summed E-state index contributed by atoms with van der Waals surface area (Å²) in [7, 11) is 3.96. The zero-order valence-electron chi connectivity index (χ0n) is 16.6. The van der Waals surface area contributed by atoms with E-state index in [4.69, 9.17) is 0 Å². The van der Waals surface area contributed by atoms with Crippen molar-refractivity contribution in [2.24, 2.45) is 5.92 Å². The number of nitrogens with one attached hydrogen (secondary N) is 1. The number of carbonyl (C=O) groups excluding carboxylic acids is 2. The number of piperidine rings is 1. The third-order valence-corrected chi connectivity index (χ3v) is 4.99. The van der Waals surface area contributed by atoms with Gasteiger partial charge in [-0.1, -0.05) is 0 Å². The van der Waals surface area contributed by atoms with E-state index in [1.807, 2.05) is 19.0 Å². The second kappa shape index (κ2) is 9.13. The van der Waals surface area contributed by atoms with Crippen LogP contribution in [0.3, 0.4) is 0 Å². The normalized spacial score (nSPS) is 15.0. The summed E-state index contributed by atoms with van der Waals surface area (Å²) in [5, 5.41) is 7.10. The van der Waals surface area contributed by atoms with Crippen LogP contribution in [0.2, 0.25) is 0 Å². The summed E-state index contributed by atoms with van der Waals surface area (Å²) < 4.78 is 28.6. The first-order valence-electron chi connectivity index (χ1n) is 9.56. The van der Waals surface area contributed by atoms with Gasteiger partial charge in [0.25, 0.3) is 5.91 Å². The van der Waals surface area contributed by atoms with Crippen LogP contribution in [0.4, 0.5) is 14.5 Å². The quantitative estimate of drug-likeness (QED) is 0.800. The van der Waals surface area contributed by atoms with Gasteiger partial charge in [-0.2, -0.15) is 5.10 Å². The van der Waals surface area contributed by atoms with Crippen LogP contribution >= 0.6 is 0 Å². The molecule has 1 aliphatic rings. The van der Waals surface area contributed by atoms with E-state index in [0.29, 0.717) is 37.7 Å². The minimum absolute atomic E-state index is 0.114. The number of benzene rings is 1. The van der Waals surface area contributed by atoms with Gasteiger partial charge >= 0.3 is 0 Å². The number of likely N-dealkylation sites (N-methyl/N-ethyl adjacent to an activating group) is 1. The van der Waals surface area contributed by atoms with Crippen molar-refractivity contribution in [3.8, 4) is 0 Å². The first-order chi connectivity index (χ1) is 13.8. The second-order valence-corrected chi connectivity index (χ2v) is 7.48. The van der Waals surface area contributed by atoms with Gasteiger partial charge in [0.2, 0.25) is 5.91 Å². The first-order valence-corrected chi connectivity index (χ1v) is 9.56. The van der Waals surface area contributed by atoms with Crippen molar-refractivity contribution < 1.29 is 18.4 Å². The molecule has 9 heteroatoms. The van der Waals surface area contributed by atoms with E-state index in [0.717, 1.165) is 25.2 Å². The molecule has 1 saturated heterocycles. The van der Waals surface area contributed by atoms with E-state index in [1.165, 1.54) is 4.90 Å². The summed E-state index contributed by atoms with van der Waals surface area (Å²) >= 11 is 0. The number of amides is 2. The van der Waals surface area contributed by atoms with Crippen LogP contribution in [0.15, 0.2) is 30.6 Å². The van der Waals surface area contributed by atoms with Crippen LogP contribution in [-0.4, -0.2) is 65.1 Å². The molecule has 1 aromatic heterocycles. The van der Waals surface area contributed by atoms with Crippen molar-refractivity contribution >= 4 is 17.5 Å². The van der Waals surface area contributed by atoms with Crippen LogP contribution in [0.1, 0.15) is 23.2 Å². The van der Waals surface area contributed by atoms with Crippen molar-refractivity contribution in [2.45, 2.75) is 19.4 Å². The summed E-state index contributed by atoms with van der Waals surface area (Å²) in [4.78, 5) is 28.5. The topological polar surface area (TPSA) is 70.5 Å². The van der Waals surface area contributed by atoms with Crippen molar-refractivity contribution in [3.05, 3.63) is 47.8 Å². The Morgan fingerprint density at radius 2 is 1.97 bits per heavy atom. The maximum atomic E-state index is 13.8. The second-order valence-electron chi connectivity index (χ2n) is 7.48. The molecule has 0 saturated carbocycles. The number of likely N-dealkylation sites (tertiary alicyclic amines) is 1. The smallest absolute Gasteiger partial charge is 0.256 e. The fourth-order valence-corrected chi connectivity index (χ4v) is 3.28. The average Bonchev–Trinajstić information content (AvgIpc) is 3.13. The van der Waals surface area contributed by atoms with Gasteiger partial charge in [0.15, 0.2) is 0 Å². The highest BCUT2D eigenvalue weighted by molar-refractivity contribution is 5.95. The molecular formula is C20H25F2N5O2. The van der Waals surface area contributed by atoms with Gasteiger partial charge in [0, 0.05) is 37.8 Å². The van der Waals surface area contributed by atoms with Crippen molar-refractivity contribution in [2.75, 3.05) is 39.0 Å². The molecule has 0 aliphatic carbocycles. The number of aromatic nitrogens is 2. The number of nitrogens with zero attached hydrogens (tertiary/aromatic N) is 4. The Morgan fingerprint density at radius 1 is 1.24 bits per heavy atom. The van der Waals surface area contributed by atoms with Crippen LogP contribution in [0.5, 0.6) is 0 Å². The molecule has 2 heterocycles. The SMILES string of the molecule is CN(C)CCn1cc(NC(=O)C2CCN(C(=O)c3ccc(F)cc3F)CC2)cn1. The fourth-order valence-electron chi connectivity index (χ4n) is 3.28. The van der Waals surface area contributed by atoms with Gasteiger partial charge in [-0.05, 0) is 39.1 Å². The minimum atomic E-state index is -0.874. The molecule has 1 aromatic carbocycles. The Labute approximate surface area is 168 Å². The van der Waals surface area contributed by atoms with E-state index in [-0.39, 0.29) is 17.4 Å². The van der Waals surface area contributed by atoms with Crippen LogP contribution < -0.4 is 5.32 Å². The lowest BCUT2D eigenvalue weighted by Gasteiger charge is -2.31. The Balaban J connectivity index is 1.51. The molecule has 1 aliphatic heterocycles. The Morgan fingerprint density at radius 3 is 2.62 bits per heavy atom. The van der Waals surface area contributed by atoms with E-state index < -0.39 is 17.5 Å². The number of rotatable bonds is 6. The van der Waals surface area contributed by atoms with Gasteiger partial charge in [-0.15, -0.1) is 0 Å². The third-order valence-electron chi connectivity index (χ3n) is 4.99. The predicted octanol–water partition coefficient (Wildman–Crippen LogP) is 2.21. The molecule has 0 unspecified atom stereocenters. The first kappa shape index (κ1) is 20.9. The fraction of sp³-hybridized carbons (Fsp3) is 0.450. The lowest BCUT2D eigenvalue weighted by atomic mass is 9.95.